The van der Waals surface area contributed by atoms with E-state index in [1.54, 1.807) is 0 Å². The van der Waals surface area contributed by atoms with Gasteiger partial charge in [-0.2, -0.15) is 0 Å². The summed E-state index contributed by atoms with van der Waals surface area (Å²) in [5, 5.41) is 0. The van der Waals surface area contributed by atoms with Crippen LogP contribution < -0.4 is 4.90 Å². The molecule has 0 unspecified atom stereocenters. The van der Waals surface area contributed by atoms with Crippen molar-refractivity contribution in [1.29, 1.82) is 0 Å². The number of nitrogens with zero attached hydrogens (tertiary/aromatic N) is 4. The Hall–Kier alpha value is -3.02. The Balaban J connectivity index is 1.58. The molecular weight excluding hydrogens is 460 g/mol. The van der Waals surface area contributed by atoms with Gasteiger partial charge in [-0.05, 0) is 32.6 Å². The number of hydrogen-bond acceptors (Lipinski definition) is 4. The molecule has 1 saturated heterocycles. The molecular formula is C27H25BrN4. The third kappa shape index (κ3) is 3.83. The third-order valence-electron chi connectivity index (χ3n) is 6.22. The van der Waals surface area contributed by atoms with Crippen LogP contribution in [0.25, 0.3) is 0 Å². The number of anilines is 1. The summed E-state index contributed by atoms with van der Waals surface area (Å²) in [5.41, 5.74) is 3.48. The van der Waals surface area contributed by atoms with E-state index in [4.69, 9.17) is 0 Å². The predicted molar refractivity (Wildman–Crippen MR) is 133 cm³/mol. The standard InChI is InChI=1S/C27H25BrN4/c28-25-20-29-26(30-21-25)31-16-18-32(19-17-31)27(22-10-4-1-5-11-22,23-12-6-2-7-13-23)24-14-8-3-9-15-24/h1-15,20-21H,16-19H2. The highest BCUT2D eigenvalue weighted by Crippen LogP contribution is 2.42. The number of piperazine rings is 1. The fraction of sp³-hybridized carbons (Fsp3) is 0.185. The van der Waals surface area contributed by atoms with Crippen LogP contribution in [0.4, 0.5) is 5.95 Å². The van der Waals surface area contributed by atoms with Crippen LogP contribution >= 0.6 is 15.9 Å². The lowest BCUT2D eigenvalue weighted by Gasteiger charge is -2.49. The molecule has 1 aromatic heterocycles. The van der Waals surface area contributed by atoms with E-state index in [9.17, 15) is 0 Å². The van der Waals surface area contributed by atoms with Crippen molar-refractivity contribution in [1.82, 2.24) is 14.9 Å². The first-order valence-corrected chi connectivity index (χ1v) is 11.7. The second-order valence-corrected chi connectivity index (χ2v) is 8.90. The molecule has 0 atom stereocenters. The maximum Gasteiger partial charge on any atom is 0.225 e. The molecule has 3 aromatic carbocycles. The highest BCUT2D eigenvalue weighted by Gasteiger charge is 2.43. The fourth-order valence-electron chi connectivity index (χ4n) is 4.80. The van der Waals surface area contributed by atoms with E-state index >= 15 is 0 Å². The van der Waals surface area contributed by atoms with E-state index in [2.05, 4.69) is 127 Å². The minimum Gasteiger partial charge on any atom is -0.338 e. The Labute approximate surface area is 197 Å². The van der Waals surface area contributed by atoms with E-state index in [1.165, 1.54) is 16.7 Å². The average Bonchev–Trinajstić information content (AvgIpc) is 2.88. The van der Waals surface area contributed by atoms with E-state index in [0.717, 1.165) is 36.6 Å². The van der Waals surface area contributed by atoms with Gasteiger partial charge in [0.05, 0.1) is 10.0 Å². The highest BCUT2D eigenvalue weighted by atomic mass is 79.9. The lowest BCUT2D eigenvalue weighted by atomic mass is 9.75. The highest BCUT2D eigenvalue weighted by molar-refractivity contribution is 9.10. The van der Waals surface area contributed by atoms with Crippen molar-refractivity contribution < 1.29 is 0 Å². The van der Waals surface area contributed by atoms with Gasteiger partial charge < -0.3 is 4.90 Å². The van der Waals surface area contributed by atoms with Gasteiger partial charge in [-0.3, -0.25) is 4.90 Å². The van der Waals surface area contributed by atoms with E-state index in [1.807, 2.05) is 12.4 Å². The van der Waals surface area contributed by atoms with Crippen LogP contribution in [-0.2, 0) is 5.54 Å². The van der Waals surface area contributed by atoms with Crippen molar-refractivity contribution in [3.8, 4) is 0 Å². The molecule has 0 N–H and O–H groups in total. The predicted octanol–water partition coefficient (Wildman–Crippen LogP) is 5.35. The average molecular weight is 485 g/mol. The van der Waals surface area contributed by atoms with Crippen molar-refractivity contribution >= 4 is 21.9 Å². The smallest absolute Gasteiger partial charge is 0.225 e. The Morgan fingerprint density at radius 2 is 1.00 bits per heavy atom. The summed E-state index contributed by atoms with van der Waals surface area (Å²) in [4.78, 5) is 13.9. The van der Waals surface area contributed by atoms with Crippen molar-refractivity contribution in [3.05, 3.63) is 125 Å². The second kappa shape index (κ2) is 9.23. The van der Waals surface area contributed by atoms with Crippen molar-refractivity contribution in [2.75, 3.05) is 31.1 Å². The molecule has 1 aliphatic rings. The number of aromatic nitrogens is 2. The van der Waals surface area contributed by atoms with Gasteiger partial charge in [0, 0.05) is 38.6 Å². The summed E-state index contributed by atoms with van der Waals surface area (Å²) in [6.07, 6.45) is 3.63. The van der Waals surface area contributed by atoms with Crippen molar-refractivity contribution in [2.24, 2.45) is 0 Å². The summed E-state index contributed by atoms with van der Waals surface area (Å²) in [7, 11) is 0. The minimum atomic E-state index is -0.365. The van der Waals surface area contributed by atoms with Crippen LogP contribution in [0.15, 0.2) is 108 Å². The molecule has 2 heterocycles. The van der Waals surface area contributed by atoms with Gasteiger partial charge in [-0.25, -0.2) is 9.97 Å². The van der Waals surface area contributed by atoms with Gasteiger partial charge >= 0.3 is 0 Å². The number of benzene rings is 3. The summed E-state index contributed by atoms with van der Waals surface area (Å²) in [5.74, 6) is 0.789. The first-order chi connectivity index (χ1) is 15.8. The summed E-state index contributed by atoms with van der Waals surface area (Å²) in [6.45, 7) is 3.54. The topological polar surface area (TPSA) is 32.3 Å². The van der Waals surface area contributed by atoms with Crippen LogP contribution in [0.2, 0.25) is 0 Å². The molecule has 1 aliphatic heterocycles. The van der Waals surface area contributed by atoms with Gasteiger partial charge in [0.15, 0.2) is 0 Å². The number of hydrogen-bond donors (Lipinski definition) is 0. The van der Waals surface area contributed by atoms with Crippen LogP contribution in [0.1, 0.15) is 16.7 Å². The number of rotatable bonds is 5. The maximum atomic E-state index is 4.51. The molecule has 0 amide bonds. The van der Waals surface area contributed by atoms with E-state index < -0.39 is 0 Å². The largest absolute Gasteiger partial charge is 0.338 e. The third-order valence-corrected chi connectivity index (χ3v) is 6.63. The second-order valence-electron chi connectivity index (χ2n) is 7.98. The summed E-state index contributed by atoms with van der Waals surface area (Å²) in [6, 6.07) is 32.6. The maximum absolute atomic E-state index is 4.51. The van der Waals surface area contributed by atoms with Crippen LogP contribution in [-0.4, -0.2) is 41.0 Å². The Kier molecular flexibility index (Phi) is 6.02. The van der Waals surface area contributed by atoms with Gasteiger partial charge in [-0.1, -0.05) is 91.0 Å². The zero-order valence-corrected chi connectivity index (χ0v) is 19.4. The molecule has 5 rings (SSSR count). The Morgan fingerprint density at radius 3 is 1.41 bits per heavy atom. The molecule has 5 heteroatoms. The Morgan fingerprint density at radius 1 is 0.594 bits per heavy atom. The lowest BCUT2D eigenvalue weighted by molar-refractivity contribution is 0.146. The zero-order chi connectivity index (χ0) is 21.8. The molecule has 0 aliphatic carbocycles. The van der Waals surface area contributed by atoms with E-state index in [0.29, 0.717) is 0 Å². The van der Waals surface area contributed by atoms with Crippen LogP contribution in [0.5, 0.6) is 0 Å². The molecule has 1 fully saturated rings. The minimum absolute atomic E-state index is 0.365. The zero-order valence-electron chi connectivity index (χ0n) is 17.8. The molecule has 0 spiro atoms. The lowest BCUT2D eigenvalue weighted by Crippen LogP contribution is -2.56. The van der Waals surface area contributed by atoms with Crippen molar-refractivity contribution in [3.63, 3.8) is 0 Å². The monoisotopic (exact) mass is 484 g/mol. The molecule has 32 heavy (non-hydrogen) atoms. The normalized spacial score (nSPS) is 15.0. The SMILES string of the molecule is Brc1cnc(N2CCN(C(c3ccccc3)(c3ccccc3)c3ccccc3)CC2)nc1. The van der Waals surface area contributed by atoms with Crippen LogP contribution in [0.3, 0.4) is 0 Å². The van der Waals surface area contributed by atoms with E-state index in [-0.39, 0.29) is 5.54 Å². The molecule has 0 saturated carbocycles. The van der Waals surface area contributed by atoms with Gasteiger partial charge in [0.1, 0.15) is 0 Å². The van der Waals surface area contributed by atoms with Gasteiger partial charge in [0.25, 0.3) is 0 Å². The van der Waals surface area contributed by atoms with Gasteiger partial charge in [0.2, 0.25) is 5.95 Å². The van der Waals surface area contributed by atoms with Crippen LogP contribution in [0, 0.1) is 0 Å². The first-order valence-electron chi connectivity index (χ1n) is 10.9. The molecule has 4 aromatic rings. The fourth-order valence-corrected chi connectivity index (χ4v) is 5.00. The summed E-state index contributed by atoms with van der Waals surface area (Å²) >= 11 is 3.43. The van der Waals surface area contributed by atoms with Crippen molar-refractivity contribution in [2.45, 2.75) is 5.54 Å². The molecule has 160 valence electrons. The number of halogens is 1. The molecule has 0 radical (unpaired) electrons. The van der Waals surface area contributed by atoms with Gasteiger partial charge in [-0.15, -0.1) is 0 Å². The Bertz CT molecular complexity index is 1030. The summed E-state index contributed by atoms with van der Waals surface area (Å²) < 4.78 is 0.899. The quantitative estimate of drug-likeness (QED) is 0.357. The molecule has 0 bridgehead atoms. The molecule has 4 nitrogen and oxygen atoms in total. The first kappa shape index (κ1) is 20.9.